The van der Waals surface area contributed by atoms with E-state index < -0.39 is 0 Å². The number of benzene rings is 3. The zero-order chi connectivity index (χ0) is 20.4. The Balaban J connectivity index is 1.87. The van der Waals surface area contributed by atoms with Crippen LogP contribution in [0, 0.1) is 0 Å². The minimum absolute atomic E-state index is 0.0913. The van der Waals surface area contributed by atoms with Crippen molar-refractivity contribution in [2.24, 2.45) is 0 Å². The first kappa shape index (κ1) is 20.0. The second-order valence-corrected chi connectivity index (χ2v) is 8.33. The van der Waals surface area contributed by atoms with Crippen molar-refractivity contribution in [2.45, 2.75) is 45.4 Å². The fourth-order valence-corrected chi connectivity index (χ4v) is 3.65. The molecule has 0 fully saturated rings. The molecule has 0 atom stereocenters. The van der Waals surface area contributed by atoms with E-state index in [4.69, 9.17) is 4.74 Å². The Morgan fingerprint density at radius 2 is 0.929 bits per heavy atom. The van der Waals surface area contributed by atoms with E-state index >= 15 is 0 Å². The Bertz CT molecular complexity index is 902. The molecule has 2 heteroatoms. The average molecular weight is 375 g/mol. The molecule has 2 nitrogen and oxygen atoms in total. The van der Waals surface area contributed by atoms with Gasteiger partial charge in [-0.1, -0.05) is 76.2 Å². The lowest BCUT2D eigenvalue weighted by molar-refractivity contribution is 0.340. The Morgan fingerprint density at radius 1 is 0.607 bits per heavy atom. The predicted molar refractivity (Wildman–Crippen MR) is 116 cm³/mol. The third kappa shape index (κ3) is 3.91. The molecule has 0 saturated heterocycles. The first-order valence-electron chi connectivity index (χ1n) is 9.89. The van der Waals surface area contributed by atoms with Crippen molar-refractivity contribution in [3.05, 3.63) is 95.1 Å². The molecule has 28 heavy (non-hydrogen) atoms. The predicted octanol–water partition coefficient (Wildman–Crippen LogP) is 6.44. The largest absolute Gasteiger partial charge is 0.508 e. The normalized spacial score (nSPS) is 12.0. The van der Waals surface area contributed by atoms with Crippen molar-refractivity contribution in [1.82, 2.24) is 0 Å². The summed E-state index contributed by atoms with van der Waals surface area (Å²) in [5.74, 6) is 1.21. The van der Waals surface area contributed by atoms with Gasteiger partial charge in [-0.15, -0.1) is 0 Å². The van der Waals surface area contributed by atoms with Gasteiger partial charge < -0.3 is 9.84 Å². The van der Waals surface area contributed by atoms with Crippen molar-refractivity contribution in [1.29, 1.82) is 0 Å². The standard InChI is InChI=1S/C26H30O2/c1-6-28-24-17-13-22(14-18-24)26(4,5)20-9-7-19(8-10-20)25(2,3)21-11-15-23(27)16-12-21/h7-18,27H,6H2,1-5H3. The van der Waals surface area contributed by atoms with Gasteiger partial charge in [-0.2, -0.15) is 0 Å². The molecule has 1 N–H and O–H groups in total. The molecular weight excluding hydrogens is 344 g/mol. The van der Waals surface area contributed by atoms with Gasteiger partial charge in [-0.05, 0) is 53.4 Å². The highest BCUT2D eigenvalue weighted by molar-refractivity contribution is 5.44. The van der Waals surface area contributed by atoms with Crippen LogP contribution in [0.4, 0.5) is 0 Å². The second-order valence-electron chi connectivity index (χ2n) is 8.33. The van der Waals surface area contributed by atoms with Gasteiger partial charge in [0.2, 0.25) is 0 Å². The van der Waals surface area contributed by atoms with Gasteiger partial charge in [0.05, 0.1) is 6.61 Å². The Hall–Kier alpha value is -2.74. The number of aromatic hydroxyl groups is 1. The number of rotatable bonds is 6. The van der Waals surface area contributed by atoms with E-state index in [1.807, 2.05) is 31.2 Å². The quantitative estimate of drug-likeness (QED) is 0.538. The first-order chi connectivity index (χ1) is 13.2. The number of phenols is 1. The highest BCUT2D eigenvalue weighted by atomic mass is 16.5. The molecule has 0 aliphatic rings. The molecule has 0 radical (unpaired) electrons. The molecule has 0 saturated carbocycles. The molecule has 0 aliphatic carbocycles. The van der Waals surface area contributed by atoms with E-state index in [9.17, 15) is 5.11 Å². The monoisotopic (exact) mass is 374 g/mol. The molecule has 0 unspecified atom stereocenters. The van der Waals surface area contributed by atoms with Crippen LogP contribution < -0.4 is 4.74 Å². The van der Waals surface area contributed by atoms with Crippen molar-refractivity contribution in [3.8, 4) is 11.5 Å². The van der Waals surface area contributed by atoms with Gasteiger partial charge in [-0.3, -0.25) is 0 Å². The summed E-state index contributed by atoms with van der Waals surface area (Å²) in [6.45, 7) is 11.6. The SMILES string of the molecule is CCOc1ccc(C(C)(C)c2ccc(C(C)(C)c3ccc(O)cc3)cc2)cc1. The van der Waals surface area contributed by atoms with E-state index in [0.29, 0.717) is 12.4 Å². The van der Waals surface area contributed by atoms with Crippen LogP contribution in [0.5, 0.6) is 11.5 Å². The van der Waals surface area contributed by atoms with E-state index in [-0.39, 0.29) is 10.8 Å². The third-order valence-electron chi connectivity index (χ3n) is 5.80. The van der Waals surface area contributed by atoms with Gasteiger partial charge in [0.1, 0.15) is 11.5 Å². The minimum atomic E-state index is -0.129. The van der Waals surface area contributed by atoms with Crippen LogP contribution >= 0.6 is 0 Å². The first-order valence-corrected chi connectivity index (χ1v) is 9.89. The summed E-state index contributed by atoms with van der Waals surface area (Å²) in [5.41, 5.74) is 4.76. The highest BCUT2D eigenvalue weighted by Crippen LogP contribution is 2.36. The summed E-state index contributed by atoms with van der Waals surface area (Å²) in [7, 11) is 0. The Kier molecular flexibility index (Phi) is 5.51. The molecule has 146 valence electrons. The number of ether oxygens (including phenoxy) is 1. The van der Waals surface area contributed by atoms with E-state index in [0.717, 1.165) is 5.75 Å². The minimum Gasteiger partial charge on any atom is -0.508 e. The van der Waals surface area contributed by atoms with Gasteiger partial charge in [-0.25, -0.2) is 0 Å². The second kappa shape index (κ2) is 7.71. The smallest absolute Gasteiger partial charge is 0.119 e. The molecule has 3 aromatic carbocycles. The van der Waals surface area contributed by atoms with Crippen molar-refractivity contribution in [3.63, 3.8) is 0 Å². The lowest BCUT2D eigenvalue weighted by Gasteiger charge is -2.29. The zero-order valence-corrected chi connectivity index (χ0v) is 17.5. The van der Waals surface area contributed by atoms with Crippen LogP contribution in [0.3, 0.4) is 0 Å². The van der Waals surface area contributed by atoms with Crippen LogP contribution in [0.15, 0.2) is 72.8 Å². The molecule has 0 aromatic heterocycles. The molecule has 3 aromatic rings. The molecular formula is C26H30O2. The summed E-state index contributed by atoms with van der Waals surface area (Å²) >= 11 is 0. The van der Waals surface area contributed by atoms with Gasteiger partial charge >= 0.3 is 0 Å². The Labute approximate surface area is 168 Å². The van der Waals surface area contributed by atoms with E-state index in [1.165, 1.54) is 22.3 Å². The van der Waals surface area contributed by atoms with Gasteiger partial charge in [0.15, 0.2) is 0 Å². The van der Waals surface area contributed by atoms with Crippen LogP contribution in [0.2, 0.25) is 0 Å². The maximum absolute atomic E-state index is 9.57. The van der Waals surface area contributed by atoms with Gasteiger partial charge in [0, 0.05) is 10.8 Å². The van der Waals surface area contributed by atoms with Crippen LogP contribution in [-0.4, -0.2) is 11.7 Å². The maximum atomic E-state index is 9.57. The fraction of sp³-hybridized carbons (Fsp3) is 0.308. The topological polar surface area (TPSA) is 29.5 Å². The van der Waals surface area contributed by atoms with E-state index in [1.54, 1.807) is 12.1 Å². The summed E-state index contributed by atoms with van der Waals surface area (Å²) < 4.78 is 5.57. The van der Waals surface area contributed by atoms with Crippen LogP contribution in [-0.2, 0) is 10.8 Å². The van der Waals surface area contributed by atoms with Crippen LogP contribution in [0.25, 0.3) is 0 Å². The third-order valence-corrected chi connectivity index (χ3v) is 5.80. The number of hydrogen-bond donors (Lipinski definition) is 1. The molecule has 0 bridgehead atoms. The molecule has 0 aliphatic heterocycles. The van der Waals surface area contributed by atoms with E-state index in [2.05, 4.69) is 64.1 Å². The highest BCUT2D eigenvalue weighted by Gasteiger charge is 2.26. The fourth-order valence-electron chi connectivity index (χ4n) is 3.65. The summed E-state index contributed by atoms with van der Waals surface area (Å²) in [4.78, 5) is 0. The van der Waals surface area contributed by atoms with Crippen molar-refractivity contribution < 1.29 is 9.84 Å². The molecule has 0 amide bonds. The van der Waals surface area contributed by atoms with Gasteiger partial charge in [0.25, 0.3) is 0 Å². The molecule has 3 rings (SSSR count). The number of phenolic OH excluding ortho intramolecular Hbond substituents is 1. The summed E-state index contributed by atoms with van der Waals surface area (Å²) in [6, 6.07) is 24.8. The lowest BCUT2D eigenvalue weighted by Crippen LogP contribution is -2.21. The zero-order valence-electron chi connectivity index (χ0n) is 17.5. The molecule has 0 heterocycles. The summed E-state index contributed by atoms with van der Waals surface area (Å²) in [6.07, 6.45) is 0. The van der Waals surface area contributed by atoms with Crippen molar-refractivity contribution >= 4 is 0 Å². The molecule has 0 spiro atoms. The van der Waals surface area contributed by atoms with Crippen LogP contribution in [0.1, 0.15) is 56.9 Å². The lowest BCUT2D eigenvalue weighted by atomic mass is 9.74. The number of hydrogen-bond acceptors (Lipinski definition) is 2. The van der Waals surface area contributed by atoms with Crippen molar-refractivity contribution in [2.75, 3.05) is 6.61 Å². The Morgan fingerprint density at radius 3 is 1.29 bits per heavy atom. The maximum Gasteiger partial charge on any atom is 0.119 e. The average Bonchev–Trinajstić information content (AvgIpc) is 2.69. The summed E-state index contributed by atoms with van der Waals surface area (Å²) in [5, 5.41) is 9.57.